The molecule has 0 spiro atoms. The summed E-state index contributed by atoms with van der Waals surface area (Å²) < 4.78 is 0. The Morgan fingerprint density at radius 1 is 1.32 bits per heavy atom. The van der Waals surface area contributed by atoms with Crippen LogP contribution in [0.15, 0.2) is 0 Å². The number of nitrogens with one attached hydrogen (secondary N) is 1. The topological polar surface area (TPSA) is 75.2 Å². The fourth-order valence-corrected chi connectivity index (χ4v) is 3.99. The monoisotopic (exact) mass is 322 g/mol. The molecule has 6 nitrogen and oxygen atoms in total. The molecule has 22 heavy (non-hydrogen) atoms. The van der Waals surface area contributed by atoms with Gasteiger partial charge in [-0.25, -0.2) is 0 Å². The fraction of sp³-hybridized carbons (Fsp3) is 0.733. The minimum atomic E-state index is -0.261. The average molecular weight is 322 g/mol. The first-order valence-corrected chi connectivity index (χ1v) is 8.91. The maximum atomic E-state index is 12.3. The van der Waals surface area contributed by atoms with Gasteiger partial charge in [0.1, 0.15) is 5.01 Å². The number of carbonyl (C=O) groups is 2. The lowest BCUT2D eigenvalue weighted by Gasteiger charge is -2.31. The van der Waals surface area contributed by atoms with Crippen LogP contribution in [0.4, 0.5) is 5.13 Å². The first kappa shape index (κ1) is 15.4. The van der Waals surface area contributed by atoms with Gasteiger partial charge in [0, 0.05) is 19.0 Å². The van der Waals surface area contributed by atoms with E-state index in [1.165, 1.54) is 30.6 Å². The highest BCUT2D eigenvalue weighted by Gasteiger charge is 2.38. The van der Waals surface area contributed by atoms with Crippen molar-refractivity contribution in [2.45, 2.75) is 57.9 Å². The summed E-state index contributed by atoms with van der Waals surface area (Å²) >= 11 is 1.40. The van der Waals surface area contributed by atoms with Crippen molar-refractivity contribution in [2.75, 3.05) is 11.9 Å². The van der Waals surface area contributed by atoms with Gasteiger partial charge < -0.3 is 10.2 Å². The van der Waals surface area contributed by atoms with Crippen molar-refractivity contribution >= 4 is 28.3 Å². The van der Waals surface area contributed by atoms with E-state index >= 15 is 0 Å². The van der Waals surface area contributed by atoms with Crippen molar-refractivity contribution in [2.24, 2.45) is 5.92 Å². The molecule has 1 aliphatic carbocycles. The highest BCUT2D eigenvalue weighted by atomic mass is 32.1. The van der Waals surface area contributed by atoms with Crippen LogP contribution in [0.1, 0.15) is 50.5 Å². The largest absolute Gasteiger partial charge is 0.339 e. The second-order valence-corrected chi connectivity index (χ2v) is 7.14. The first-order valence-electron chi connectivity index (χ1n) is 8.10. The van der Waals surface area contributed by atoms with Crippen LogP contribution in [0, 0.1) is 5.92 Å². The molecular formula is C15H22N4O2S. The van der Waals surface area contributed by atoms with Crippen LogP contribution in [-0.4, -0.2) is 39.5 Å². The molecule has 1 N–H and O–H groups in total. The molecular weight excluding hydrogens is 300 g/mol. The molecule has 120 valence electrons. The summed E-state index contributed by atoms with van der Waals surface area (Å²) in [5, 5.41) is 12.2. The number of rotatable bonds is 4. The third-order valence-electron chi connectivity index (χ3n) is 4.54. The molecule has 1 saturated heterocycles. The molecule has 1 aromatic rings. The van der Waals surface area contributed by atoms with Crippen molar-refractivity contribution in [3.8, 4) is 0 Å². The maximum Gasteiger partial charge on any atom is 0.231 e. The Kier molecular flexibility index (Phi) is 4.71. The van der Waals surface area contributed by atoms with E-state index in [9.17, 15) is 9.59 Å². The van der Waals surface area contributed by atoms with Gasteiger partial charge in [-0.1, -0.05) is 37.5 Å². The van der Waals surface area contributed by atoms with Gasteiger partial charge in [-0.2, -0.15) is 0 Å². The number of hydrogen-bond acceptors (Lipinski definition) is 5. The van der Waals surface area contributed by atoms with Gasteiger partial charge in [0.25, 0.3) is 0 Å². The van der Waals surface area contributed by atoms with Gasteiger partial charge in [-0.3, -0.25) is 9.59 Å². The number of nitrogens with zero attached hydrogens (tertiary/aromatic N) is 3. The molecule has 1 aromatic heterocycles. The number of amides is 2. The zero-order valence-electron chi connectivity index (χ0n) is 12.9. The van der Waals surface area contributed by atoms with E-state index in [-0.39, 0.29) is 17.7 Å². The third-order valence-corrected chi connectivity index (χ3v) is 5.53. The van der Waals surface area contributed by atoms with Crippen molar-refractivity contribution in [3.63, 3.8) is 0 Å². The van der Waals surface area contributed by atoms with Gasteiger partial charge in [0.15, 0.2) is 0 Å². The van der Waals surface area contributed by atoms with E-state index in [0.717, 1.165) is 24.3 Å². The molecule has 0 bridgehead atoms. The number of carbonyl (C=O) groups excluding carboxylic acids is 2. The quantitative estimate of drug-likeness (QED) is 0.922. The maximum absolute atomic E-state index is 12.3. The van der Waals surface area contributed by atoms with Gasteiger partial charge in [0.2, 0.25) is 16.9 Å². The van der Waals surface area contributed by atoms with Crippen LogP contribution < -0.4 is 5.32 Å². The molecule has 2 aliphatic rings. The Hall–Kier alpha value is -1.50. The first-order chi connectivity index (χ1) is 10.7. The van der Waals surface area contributed by atoms with Gasteiger partial charge in [0.05, 0.1) is 5.92 Å². The molecule has 0 aromatic carbocycles. The van der Waals surface area contributed by atoms with E-state index in [2.05, 4.69) is 15.5 Å². The second kappa shape index (κ2) is 6.73. The van der Waals surface area contributed by atoms with Crippen LogP contribution in [0.5, 0.6) is 0 Å². The summed E-state index contributed by atoms with van der Waals surface area (Å²) in [6.07, 6.45) is 6.93. The summed E-state index contributed by atoms with van der Waals surface area (Å²) in [4.78, 5) is 26.5. The average Bonchev–Trinajstić information content (AvgIpc) is 3.14. The van der Waals surface area contributed by atoms with E-state index in [4.69, 9.17) is 0 Å². The van der Waals surface area contributed by atoms with E-state index < -0.39 is 0 Å². The van der Waals surface area contributed by atoms with Crippen molar-refractivity contribution in [1.82, 2.24) is 15.1 Å². The van der Waals surface area contributed by atoms with Gasteiger partial charge in [-0.05, 0) is 19.3 Å². The van der Waals surface area contributed by atoms with Gasteiger partial charge >= 0.3 is 0 Å². The van der Waals surface area contributed by atoms with Crippen LogP contribution in [0.2, 0.25) is 0 Å². The molecule has 0 radical (unpaired) electrons. The molecule has 7 heteroatoms. The zero-order chi connectivity index (χ0) is 15.5. The number of anilines is 1. The molecule has 1 saturated carbocycles. The Labute approximate surface area is 134 Å². The van der Waals surface area contributed by atoms with Crippen molar-refractivity contribution < 1.29 is 9.59 Å². The van der Waals surface area contributed by atoms with Crippen LogP contribution in [-0.2, 0) is 16.0 Å². The fourth-order valence-electron chi connectivity index (χ4n) is 3.31. The smallest absolute Gasteiger partial charge is 0.231 e. The lowest BCUT2D eigenvalue weighted by molar-refractivity contribution is -0.130. The standard InChI is InChI=1S/C15H22N4O2S/c1-2-12-17-18-15(22-12)16-14(21)10-8-13(20)19(9-10)11-6-4-3-5-7-11/h10-11H,2-9H2,1H3,(H,16,18,21)/t10-/m0/s1. The summed E-state index contributed by atoms with van der Waals surface area (Å²) in [5.41, 5.74) is 0. The number of aromatic nitrogens is 2. The number of aryl methyl sites for hydroxylation is 1. The number of hydrogen-bond donors (Lipinski definition) is 1. The zero-order valence-corrected chi connectivity index (χ0v) is 13.7. The van der Waals surface area contributed by atoms with Crippen LogP contribution in [0.25, 0.3) is 0 Å². The van der Waals surface area contributed by atoms with Crippen LogP contribution in [0.3, 0.4) is 0 Å². The van der Waals surface area contributed by atoms with Crippen LogP contribution >= 0.6 is 11.3 Å². The lowest BCUT2D eigenvalue weighted by Crippen LogP contribution is -2.38. The Balaban J connectivity index is 1.58. The lowest BCUT2D eigenvalue weighted by atomic mass is 9.94. The molecule has 0 unspecified atom stereocenters. The molecule has 2 amide bonds. The normalized spacial score (nSPS) is 23.0. The molecule has 2 heterocycles. The molecule has 3 rings (SSSR count). The van der Waals surface area contributed by atoms with Crippen molar-refractivity contribution in [1.29, 1.82) is 0 Å². The minimum absolute atomic E-state index is 0.106. The van der Waals surface area contributed by atoms with E-state index in [1.54, 1.807) is 0 Å². The minimum Gasteiger partial charge on any atom is -0.339 e. The van der Waals surface area contributed by atoms with Crippen molar-refractivity contribution in [3.05, 3.63) is 5.01 Å². The summed E-state index contributed by atoms with van der Waals surface area (Å²) in [6.45, 7) is 2.55. The summed E-state index contributed by atoms with van der Waals surface area (Å²) in [5.74, 6) is -0.243. The summed E-state index contributed by atoms with van der Waals surface area (Å²) in [6, 6.07) is 0.340. The molecule has 1 atom stereocenters. The van der Waals surface area contributed by atoms with E-state index in [0.29, 0.717) is 24.1 Å². The highest BCUT2D eigenvalue weighted by Crippen LogP contribution is 2.29. The summed E-state index contributed by atoms with van der Waals surface area (Å²) in [7, 11) is 0. The second-order valence-electron chi connectivity index (χ2n) is 6.08. The predicted molar refractivity (Wildman–Crippen MR) is 84.6 cm³/mol. The highest BCUT2D eigenvalue weighted by molar-refractivity contribution is 7.15. The molecule has 1 aliphatic heterocycles. The Bertz CT molecular complexity index is 553. The SMILES string of the molecule is CCc1nnc(NC(=O)[C@H]2CC(=O)N(C3CCCCC3)C2)s1. The Morgan fingerprint density at radius 3 is 2.77 bits per heavy atom. The third kappa shape index (κ3) is 3.29. The Morgan fingerprint density at radius 2 is 2.09 bits per heavy atom. The van der Waals surface area contributed by atoms with Gasteiger partial charge in [-0.15, -0.1) is 10.2 Å². The molecule has 2 fully saturated rings. The number of likely N-dealkylation sites (tertiary alicyclic amines) is 1. The predicted octanol–water partition coefficient (Wildman–Crippen LogP) is 2.22. The van der Waals surface area contributed by atoms with E-state index in [1.807, 2.05) is 11.8 Å².